The highest BCUT2D eigenvalue weighted by Gasteiger charge is 2.16. The molecule has 6 nitrogen and oxygen atoms in total. The molecule has 0 aliphatic heterocycles. The molecule has 24 heavy (non-hydrogen) atoms. The van der Waals surface area contributed by atoms with Crippen molar-refractivity contribution in [3.8, 4) is 17.2 Å². The second-order valence-corrected chi connectivity index (χ2v) is 5.27. The van der Waals surface area contributed by atoms with Crippen LogP contribution >= 0.6 is 11.6 Å². The average molecular weight is 344 g/mol. The smallest absolute Gasteiger partial charge is 0.313 e. The van der Waals surface area contributed by atoms with Gasteiger partial charge in [-0.3, -0.25) is 4.79 Å². The van der Waals surface area contributed by atoms with E-state index in [1.807, 2.05) is 6.92 Å². The van der Waals surface area contributed by atoms with Crippen LogP contribution in [-0.4, -0.2) is 22.7 Å². The number of nitrogens with one attached hydrogen (secondary N) is 1. The van der Waals surface area contributed by atoms with E-state index in [4.69, 9.17) is 20.8 Å². The van der Waals surface area contributed by atoms with E-state index in [1.165, 1.54) is 0 Å². The number of hydrogen-bond donors (Lipinski definition) is 1. The van der Waals surface area contributed by atoms with Gasteiger partial charge in [-0.15, -0.1) is 10.2 Å². The average Bonchev–Trinajstić information content (AvgIpc) is 3.07. The van der Waals surface area contributed by atoms with Crippen LogP contribution in [0.3, 0.4) is 0 Å². The Morgan fingerprint density at radius 2 is 2.00 bits per heavy atom. The van der Waals surface area contributed by atoms with Crippen LogP contribution in [0.15, 0.2) is 52.9 Å². The number of hydrogen-bond acceptors (Lipinski definition) is 5. The zero-order chi connectivity index (χ0) is 16.9. The first-order valence-corrected chi connectivity index (χ1v) is 7.67. The van der Waals surface area contributed by atoms with Crippen LogP contribution in [0, 0.1) is 0 Å². The molecule has 1 heterocycles. The van der Waals surface area contributed by atoms with Crippen molar-refractivity contribution in [1.29, 1.82) is 0 Å². The Labute approximate surface area is 143 Å². The molecule has 0 saturated heterocycles. The Hall–Kier alpha value is -2.86. The molecule has 0 saturated carbocycles. The minimum absolute atomic E-state index is 0.126. The van der Waals surface area contributed by atoms with Crippen molar-refractivity contribution in [3.05, 3.63) is 59.4 Å². The molecule has 7 heteroatoms. The second kappa shape index (κ2) is 7.14. The minimum Gasteiger partial charge on any atom is -0.494 e. The summed E-state index contributed by atoms with van der Waals surface area (Å²) in [7, 11) is 0. The predicted molar refractivity (Wildman–Crippen MR) is 90.3 cm³/mol. The molecule has 0 bridgehead atoms. The fourth-order valence-electron chi connectivity index (χ4n) is 2.04. The molecule has 0 atom stereocenters. The molecule has 0 aliphatic carbocycles. The molecular formula is C17H14ClN3O3. The third-order valence-corrected chi connectivity index (χ3v) is 3.35. The Morgan fingerprint density at radius 3 is 2.71 bits per heavy atom. The maximum absolute atomic E-state index is 12.2. The van der Waals surface area contributed by atoms with Gasteiger partial charge < -0.3 is 14.5 Å². The summed E-state index contributed by atoms with van der Waals surface area (Å²) in [6.45, 7) is 2.49. The van der Waals surface area contributed by atoms with Crippen molar-refractivity contribution >= 4 is 23.2 Å². The molecule has 3 aromatic rings. The number of amides is 1. The largest absolute Gasteiger partial charge is 0.494 e. The molecule has 1 aromatic heterocycles. The van der Waals surface area contributed by atoms with Crippen LogP contribution in [0.1, 0.15) is 17.6 Å². The summed E-state index contributed by atoms with van der Waals surface area (Å²) in [5, 5.41) is 10.9. The summed E-state index contributed by atoms with van der Waals surface area (Å²) in [6.07, 6.45) is 0. The summed E-state index contributed by atoms with van der Waals surface area (Å²) in [4.78, 5) is 12.2. The highest BCUT2D eigenvalue weighted by molar-refractivity contribution is 6.30. The topological polar surface area (TPSA) is 77.2 Å². The van der Waals surface area contributed by atoms with Crippen molar-refractivity contribution in [2.45, 2.75) is 6.92 Å². The zero-order valence-corrected chi connectivity index (χ0v) is 13.6. The van der Waals surface area contributed by atoms with Crippen LogP contribution in [-0.2, 0) is 0 Å². The molecule has 0 spiro atoms. The SMILES string of the molecule is CCOc1ccc(NC(=O)c2nnc(-c3cccc(Cl)c3)o2)cc1. The fraction of sp³-hybridized carbons (Fsp3) is 0.118. The first-order valence-electron chi connectivity index (χ1n) is 7.29. The van der Waals surface area contributed by atoms with Crippen molar-refractivity contribution in [2.75, 3.05) is 11.9 Å². The van der Waals surface area contributed by atoms with Gasteiger partial charge >= 0.3 is 11.8 Å². The monoisotopic (exact) mass is 343 g/mol. The number of rotatable bonds is 5. The van der Waals surface area contributed by atoms with Gasteiger partial charge in [0.2, 0.25) is 5.89 Å². The van der Waals surface area contributed by atoms with Gasteiger partial charge in [0, 0.05) is 16.3 Å². The lowest BCUT2D eigenvalue weighted by Gasteiger charge is -2.05. The van der Waals surface area contributed by atoms with E-state index in [0.717, 1.165) is 5.75 Å². The van der Waals surface area contributed by atoms with Crippen molar-refractivity contribution in [2.24, 2.45) is 0 Å². The summed E-state index contributed by atoms with van der Waals surface area (Å²) >= 11 is 5.93. The number of ether oxygens (including phenoxy) is 1. The lowest BCUT2D eigenvalue weighted by molar-refractivity contribution is 0.0991. The first-order chi connectivity index (χ1) is 11.7. The Morgan fingerprint density at radius 1 is 1.21 bits per heavy atom. The van der Waals surface area contributed by atoms with Crippen molar-refractivity contribution in [3.63, 3.8) is 0 Å². The number of halogens is 1. The molecule has 0 fully saturated rings. The minimum atomic E-state index is -0.486. The van der Waals surface area contributed by atoms with E-state index in [9.17, 15) is 4.79 Å². The second-order valence-electron chi connectivity index (χ2n) is 4.83. The van der Waals surface area contributed by atoms with E-state index in [1.54, 1.807) is 48.5 Å². The molecule has 0 aliphatic rings. The zero-order valence-electron chi connectivity index (χ0n) is 12.8. The number of benzene rings is 2. The number of carbonyl (C=O) groups is 1. The highest BCUT2D eigenvalue weighted by Crippen LogP contribution is 2.22. The molecule has 3 rings (SSSR count). The summed E-state index contributed by atoms with van der Waals surface area (Å²) in [6, 6.07) is 14.0. The molecule has 0 radical (unpaired) electrons. The molecule has 1 amide bonds. The third kappa shape index (κ3) is 3.72. The van der Waals surface area contributed by atoms with E-state index in [2.05, 4.69) is 15.5 Å². The standard InChI is InChI=1S/C17H14ClN3O3/c1-2-23-14-8-6-13(7-9-14)19-15(22)17-21-20-16(24-17)11-4-3-5-12(18)10-11/h3-10H,2H2,1H3,(H,19,22). The first kappa shape index (κ1) is 16.0. The molecular weight excluding hydrogens is 330 g/mol. The molecule has 122 valence electrons. The Bertz CT molecular complexity index is 846. The van der Waals surface area contributed by atoms with Gasteiger partial charge in [0.25, 0.3) is 0 Å². The summed E-state index contributed by atoms with van der Waals surface area (Å²) < 4.78 is 10.8. The summed E-state index contributed by atoms with van der Waals surface area (Å²) in [5.74, 6) is 0.352. The number of nitrogens with zero attached hydrogens (tertiary/aromatic N) is 2. The Balaban J connectivity index is 1.71. The maximum atomic E-state index is 12.2. The van der Waals surface area contributed by atoms with E-state index < -0.39 is 5.91 Å². The van der Waals surface area contributed by atoms with Gasteiger partial charge in [-0.05, 0) is 49.4 Å². The molecule has 0 unspecified atom stereocenters. The summed E-state index contributed by atoms with van der Waals surface area (Å²) in [5.41, 5.74) is 1.25. The lowest BCUT2D eigenvalue weighted by atomic mass is 10.2. The van der Waals surface area contributed by atoms with Crippen LogP contribution in [0.2, 0.25) is 5.02 Å². The number of aromatic nitrogens is 2. The van der Waals surface area contributed by atoms with Gasteiger partial charge in [-0.25, -0.2) is 0 Å². The number of anilines is 1. The van der Waals surface area contributed by atoms with Crippen LogP contribution in [0.4, 0.5) is 5.69 Å². The van der Waals surface area contributed by atoms with Gasteiger partial charge in [0.05, 0.1) is 6.61 Å². The molecule has 1 N–H and O–H groups in total. The van der Waals surface area contributed by atoms with Gasteiger partial charge in [0.15, 0.2) is 0 Å². The van der Waals surface area contributed by atoms with E-state index in [-0.39, 0.29) is 11.8 Å². The van der Waals surface area contributed by atoms with Gasteiger partial charge in [0.1, 0.15) is 5.75 Å². The molecule has 2 aromatic carbocycles. The van der Waals surface area contributed by atoms with Crippen LogP contribution < -0.4 is 10.1 Å². The van der Waals surface area contributed by atoms with Gasteiger partial charge in [-0.1, -0.05) is 17.7 Å². The maximum Gasteiger partial charge on any atom is 0.313 e. The van der Waals surface area contributed by atoms with Crippen molar-refractivity contribution in [1.82, 2.24) is 10.2 Å². The quantitative estimate of drug-likeness (QED) is 0.756. The number of carbonyl (C=O) groups excluding carboxylic acids is 1. The highest BCUT2D eigenvalue weighted by atomic mass is 35.5. The van der Waals surface area contributed by atoms with Crippen LogP contribution in [0.25, 0.3) is 11.5 Å². The fourth-order valence-corrected chi connectivity index (χ4v) is 2.23. The predicted octanol–water partition coefficient (Wildman–Crippen LogP) is 4.04. The van der Waals surface area contributed by atoms with Crippen molar-refractivity contribution < 1.29 is 13.9 Å². The van der Waals surface area contributed by atoms with Gasteiger partial charge in [-0.2, -0.15) is 0 Å². The normalized spacial score (nSPS) is 10.4. The van der Waals surface area contributed by atoms with Crippen LogP contribution in [0.5, 0.6) is 5.75 Å². The lowest BCUT2D eigenvalue weighted by Crippen LogP contribution is -2.12. The van der Waals surface area contributed by atoms with E-state index >= 15 is 0 Å². The van der Waals surface area contributed by atoms with E-state index in [0.29, 0.717) is 22.9 Å². The Kier molecular flexibility index (Phi) is 4.77. The third-order valence-electron chi connectivity index (χ3n) is 3.11.